The van der Waals surface area contributed by atoms with Crippen LogP contribution in [0.25, 0.3) is 10.4 Å². The topological polar surface area (TPSA) is 109 Å². The van der Waals surface area contributed by atoms with E-state index in [-0.39, 0.29) is 17.4 Å². The third-order valence-corrected chi connectivity index (χ3v) is 5.53. The molecule has 3 rings (SSSR count). The number of carbonyl (C=O) groups excluding carboxylic acids is 2. The highest BCUT2D eigenvalue weighted by molar-refractivity contribution is 14.1. The predicted molar refractivity (Wildman–Crippen MR) is 135 cm³/mol. The van der Waals surface area contributed by atoms with Gasteiger partial charge in [-0.2, -0.15) is 0 Å². The maximum absolute atomic E-state index is 11.6. The van der Waals surface area contributed by atoms with E-state index in [2.05, 4.69) is 47.2 Å². The Kier molecular flexibility index (Phi) is 12.2. The number of benzene rings is 1. The maximum atomic E-state index is 11.6. The lowest BCUT2D eigenvalue weighted by Gasteiger charge is -2.22. The molecule has 172 valence electrons. The summed E-state index contributed by atoms with van der Waals surface area (Å²) in [5.41, 5.74) is 5.23. The molecule has 0 aliphatic carbocycles. The predicted octanol–water partition coefficient (Wildman–Crippen LogP) is 3.68. The lowest BCUT2D eigenvalue weighted by atomic mass is 9.92. The van der Waals surface area contributed by atoms with Crippen LogP contribution in [0, 0.1) is 12.3 Å². The van der Waals surface area contributed by atoms with Crippen LogP contribution >= 0.6 is 34.2 Å². The number of rotatable bonds is 5. The number of aryl methyl sites for hydroxylation is 1. The summed E-state index contributed by atoms with van der Waals surface area (Å²) in [6.07, 6.45) is 1.71. The van der Waals surface area contributed by atoms with Gasteiger partial charge in [0.25, 0.3) is 0 Å². The second-order valence-electron chi connectivity index (χ2n) is 8.48. The number of nitrogens with two attached hydrogens (primary N) is 1. The number of thiazole rings is 1. The van der Waals surface area contributed by atoms with E-state index in [9.17, 15) is 14.7 Å². The molecule has 2 heterocycles. The fourth-order valence-electron chi connectivity index (χ4n) is 3.05. The van der Waals surface area contributed by atoms with Gasteiger partial charge in [0.15, 0.2) is 0 Å². The van der Waals surface area contributed by atoms with Crippen molar-refractivity contribution in [2.45, 2.75) is 53.2 Å². The molecule has 0 radical (unpaired) electrons. The Morgan fingerprint density at radius 1 is 1.35 bits per heavy atom. The van der Waals surface area contributed by atoms with Crippen LogP contribution in [0.4, 0.5) is 0 Å². The number of nitrogens with one attached hydrogen (secondary N) is 1. The normalized spacial score (nSPS) is 15.3. The van der Waals surface area contributed by atoms with Crippen LogP contribution in [-0.2, 0) is 16.1 Å². The van der Waals surface area contributed by atoms with Gasteiger partial charge in [0.1, 0.15) is 0 Å². The molecule has 1 atom stereocenters. The van der Waals surface area contributed by atoms with Gasteiger partial charge in [-0.15, -0.1) is 11.3 Å². The Morgan fingerprint density at radius 2 is 2.00 bits per heavy atom. The van der Waals surface area contributed by atoms with E-state index >= 15 is 0 Å². The molecule has 1 unspecified atom stereocenters. The van der Waals surface area contributed by atoms with Crippen molar-refractivity contribution in [2.24, 2.45) is 9.36 Å². The van der Waals surface area contributed by atoms with Gasteiger partial charge in [0.05, 0.1) is 22.2 Å². The van der Waals surface area contributed by atoms with E-state index in [1.807, 2.05) is 24.6 Å². The molecule has 1 aliphatic rings. The van der Waals surface area contributed by atoms with Crippen molar-refractivity contribution >= 4 is 46.5 Å². The smallest absolute Gasteiger partial charge is 0.223 e. The van der Waals surface area contributed by atoms with Crippen LogP contribution in [0.15, 0.2) is 29.8 Å². The summed E-state index contributed by atoms with van der Waals surface area (Å²) in [6, 6.07) is 8.15. The van der Waals surface area contributed by atoms with E-state index in [1.165, 1.54) is 10.4 Å². The molecule has 0 bridgehead atoms. The van der Waals surface area contributed by atoms with E-state index in [1.54, 1.807) is 39.1 Å². The number of aromatic nitrogens is 1. The molecule has 31 heavy (non-hydrogen) atoms. The van der Waals surface area contributed by atoms with Crippen molar-refractivity contribution in [1.82, 2.24) is 15.2 Å². The molecule has 1 aromatic heterocycles. The van der Waals surface area contributed by atoms with E-state index in [4.69, 9.17) is 0 Å². The second kappa shape index (κ2) is 13.8. The number of aliphatic hydroxyl groups is 1. The van der Waals surface area contributed by atoms with Crippen molar-refractivity contribution < 1.29 is 14.7 Å². The highest BCUT2D eigenvalue weighted by Gasteiger charge is 2.27. The van der Waals surface area contributed by atoms with Crippen LogP contribution in [0.3, 0.4) is 0 Å². The summed E-state index contributed by atoms with van der Waals surface area (Å²) < 4.78 is 4.47. The highest BCUT2D eigenvalue weighted by Crippen LogP contribution is 2.27. The van der Waals surface area contributed by atoms with Gasteiger partial charge < -0.3 is 15.3 Å². The Labute approximate surface area is 202 Å². The van der Waals surface area contributed by atoms with Gasteiger partial charge in [-0.3, -0.25) is 13.5 Å². The first kappa shape index (κ1) is 27.5. The highest BCUT2D eigenvalue weighted by atomic mass is 127. The zero-order chi connectivity index (χ0) is 23.4. The minimum absolute atomic E-state index is 0.0463. The van der Waals surface area contributed by atoms with E-state index in [0.29, 0.717) is 25.9 Å². The number of hydrogen-bond donors (Lipinski definition) is 3. The third-order valence-electron chi connectivity index (χ3n) is 4.55. The first-order valence-electron chi connectivity index (χ1n) is 10.0. The van der Waals surface area contributed by atoms with Crippen molar-refractivity contribution in [3.63, 3.8) is 0 Å². The lowest BCUT2D eigenvalue weighted by Crippen LogP contribution is -2.32. The number of β-amino-alcohol motifs (C(OH)–C–C–N with tert-alkyl or cyclic N) is 1. The average molecular weight is 561 g/mol. The van der Waals surface area contributed by atoms with Crippen LogP contribution in [0.1, 0.15) is 44.9 Å². The van der Waals surface area contributed by atoms with Crippen molar-refractivity contribution in [3.05, 3.63) is 41.0 Å². The van der Waals surface area contributed by atoms with Gasteiger partial charge in [0.2, 0.25) is 12.3 Å². The second-order valence-corrected chi connectivity index (χ2v) is 9.34. The zero-order valence-electron chi connectivity index (χ0n) is 18.6. The summed E-state index contributed by atoms with van der Waals surface area (Å²) in [5.74, 6) is 0.170. The number of carbonyl (C=O) groups is 2. The quantitative estimate of drug-likeness (QED) is 0.294. The summed E-state index contributed by atoms with van der Waals surface area (Å²) >= 11 is 3.29. The Balaban J connectivity index is 0.000000293. The summed E-state index contributed by atoms with van der Waals surface area (Å²) in [5, 5.41) is 11.9. The number of likely N-dealkylation sites (tertiary alicyclic amines) is 1. The zero-order valence-corrected chi connectivity index (χ0v) is 21.6. The number of nitrogens with zero attached hydrogens (tertiary/aromatic N) is 2. The molecule has 4 N–H and O–H groups in total. The van der Waals surface area contributed by atoms with E-state index in [0.717, 1.165) is 24.2 Å². The molecule has 1 aromatic carbocycles. The SMILES string of the molecule is CC(C)(C)CC(=O)N1CCC(O)C1.Cc1ncsc1-c1ccc(CNC=O)cc1.NI. The molecule has 0 saturated carbocycles. The fourth-order valence-corrected chi connectivity index (χ4v) is 3.86. The van der Waals surface area contributed by atoms with Gasteiger partial charge in [-0.25, -0.2) is 4.98 Å². The molecule has 1 aliphatic heterocycles. The van der Waals surface area contributed by atoms with Gasteiger partial charge in [-0.05, 0) is 29.9 Å². The van der Waals surface area contributed by atoms with E-state index < -0.39 is 0 Å². The summed E-state index contributed by atoms with van der Waals surface area (Å²) in [6.45, 7) is 9.98. The Morgan fingerprint density at radius 3 is 2.45 bits per heavy atom. The largest absolute Gasteiger partial charge is 0.391 e. The van der Waals surface area contributed by atoms with Crippen LogP contribution in [0.5, 0.6) is 0 Å². The number of hydrogen-bond acceptors (Lipinski definition) is 6. The number of aliphatic hydroxyl groups excluding tert-OH is 1. The summed E-state index contributed by atoms with van der Waals surface area (Å²) in [4.78, 5) is 29.0. The molecule has 9 heteroatoms. The molecule has 1 saturated heterocycles. The number of halogens is 1. The fraction of sp³-hybridized carbons (Fsp3) is 0.500. The Bertz CT molecular complexity index is 806. The molecular formula is C22H33IN4O3S. The van der Waals surface area contributed by atoms with Crippen molar-refractivity contribution in [2.75, 3.05) is 13.1 Å². The van der Waals surface area contributed by atoms with Crippen LogP contribution in [0.2, 0.25) is 0 Å². The standard InChI is InChI=1S/C12H12N2OS.C10H19NO2.H2IN/c1-9-12(16-8-14-9)11-4-2-10(3-5-11)6-13-7-15;1-10(2,3)6-9(13)11-5-4-8(12)7-11;1-2/h2-5,7-8H,6H2,1H3,(H,13,15);8,12H,4-7H2,1-3H3;2H2. The minimum atomic E-state index is -0.302. The van der Waals surface area contributed by atoms with Gasteiger partial charge in [-0.1, -0.05) is 45.0 Å². The molecular weight excluding hydrogens is 527 g/mol. The first-order valence-corrected chi connectivity index (χ1v) is 12.2. The van der Waals surface area contributed by atoms with Gasteiger partial charge >= 0.3 is 0 Å². The third kappa shape index (κ3) is 10.1. The van der Waals surface area contributed by atoms with Crippen molar-refractivity contribution in [1.29, 1.82) is 0 Å². The van der Waals surface area contributed by atoms with Crippen molar-refractivity contribution in [3.8, 4) is 10.4 Å². The monoisotopic (exact) mass is 560 g/mol. The molecule has 2 aromatic rings. The summed E-state index contributed by atoms with van der Waals surface area (Å²) in [7, 11) is 0. The Hall–Kier alpha value is -1.56. The molecule has 1 fully saturated rings. The molecule has 2 amide bonds. The average Bonchev–Trinajstić information content (AvgIpc) is 3.36. The first-order chi connectivity index (χ1) is 14.7. The number of amides is 2. The lowest BCUT2D eigenvalue weighted by molar-refractivity contribution is -0.132. The van der Waals surface area contributed by atoms with Gasteiger partial charge in [0, 0.05) is 48.9 Å². The molecule has 7 nitrogen and oxygen atoms in total. The molecule has 0 spiro atoms. The van der Waals surface area contributed by atoms with Crippen LogP contribution < -0.4 is 9.26 Å². The minimum Gasteiger partial charge on any atom is -0.391 e. The maximum Gasteiger partial charge on any atom is 0.223 e. The van der Waals surface area contributed by atoms with Crippen LogP contribution in [-0.4, -0.2) is 46.5 Å².